The van der Waals surface area contributed by atoms with Crippen molar-refractivity contribution in [2.75, 3.05) is 19.6 Å². The lowest BCUT2D eigenvalue weighted by Gasteiger charge is -2.31. The van der Waals surface area contributed by atoms with Gasteiger partial charge in [0.15, 0.2) is 0 Å². The third-order valence-electron chi connectivity index (χ3n) is 5.29. The predicted molar refractivity (Wildman–Crippen MR) is 120 cm³/mol. The highest BCUT2D eigenvalue weighted by Gasteiger charge is 2.25. The van der Waals surface area contributed by atoms with Gasteiger partial charge < -0.3 is 4.90 Å². The number of likely N-dealkylation sites (tertiary alicyclic amines) is 1. The van der Waals surface area contributed by atoms with Crippen LogP contribution in [0.15, 0.2) is 66.1 Å². The Kier molecular flexibility index (Phi) is 7.34. The topological polar surface area (TPSA) is 57.7 Å². The quantitative estimate of drug-likeness (QED) is 0.584. The van der Waals surface area contributed by atoms with E-state index in [1.165, 1.54) is 16.4 Å². The smallest absolute Gasteiger partial charge is 0.253 e. The molecule has 5 nitrogen and oxygen atoms in total. The van der Waals surface area contributed by atoms with Gasteiger partial charge in [-0.15, -0.1) is 6.58 Å². The molecule has 1 amide bonds. The Bertz CT molecular complexity index is 988. The van der Waals surface area contributed by atoms with Gasteiger partial charge in [-0.25, -0.2) is 8.42 Å². The maximum atomic E-state index is 13.0. The Hall–Kier alpha value is -2.15. The number of hydrogen-bond acceptors (Lipinski definition) is 3. The first-order valence-corrected chi connectivity index (χ1v) is 11.9. The summed E-state index contributed by atoms with van der Waals surface area (Å²) in [7, 11) is -3.70. The lowest BCUT2D eigenvalue weighted by atomic mass is 9.99. The second kappa shape index (κ2) is 9.77. The van der Waals surface area contributed by atoms with Crippen LogP contribution >= 0.6 is 11.6 Å². The summed E-state index contributed by atoms with van der Waals surface area (Å²) in [5, 5.41) is 0.479. The van der Waals surface area contributed by atoms with Gasteiger partial charge in [-0.05, 0) is 60.7 Å². The Morgan fingerprint density at radius 2 is 1.87 bits per heavy atom. The highest BCUT2D eigenvalue weighted by Crippen LogP contribution is 2.22. The fourth-order valence-electron chi connectivity index (χ4n) is 3.66. The Morgan fingerprint density at radius 1 is 1.20 bits per heavy atom. The van der Waals surface area contributed by atoms with E-state index in [2.05, 4.69) is 13.5 Å². The molecule has 7 heteroatoms. The first-order valence-electron chi connectivity index (χ1n) is 10.1. The minimum Gasteiger partial charge on any atom is -0.338 e. The number of piperidine rings is 1. The van der Waals surface area contributed by atoms with Crippen LogP contribution in [-0.2, 0) is 16.6 Å². The molecule has 0 radical (unpaired) electrons. The van der Waals surface area contributed by atoms with Crippen LogP contribution in [0.2, 0.25) is 5.02 Å². The maximum absolute atomic E-state index is 13.0. The summed E-state index contributed by atoms with van der Waals surface area (Å²) in [6, 6.07) is 13.3. The fourth-order valence-corrected chi connectivity index (χ4v) is 5.18. The second-order valence-electron chi connectivity index (χ2n) is 7.74. The molecule has 1 atom stereocenters. The van der Waals surface area contributed by atoms with Gasteiger partial charge in [-0.3, -0.25) is 4.79 Å². The van der Waals surface area contributed by atoms with E-state index in [0.29, 0.717) is 16.5 Å². The molecule has 2 aromatic rings. The first kappa shape index (κ1) is 22.5. The van der Waals surface area contributed by atoms with E-state index in [0.717, 1.165) is 31.5 Å². The zero-order chi connectivity index (χ0) is 21.7. The van der Waals surface area contributed by atoms with Crippen LogP contribution in [0.4, 0.5) is 0 Å². The van der Waals surface area contributed by atoms with Gasteiger partial charge >= 0.3 is 0 Å². The van der Waals surface area contributed by atoms with E-state index in [-0.39, 0.29) is 23.9 Å². The number of rotatable bonds is 7. The molecule has 1 saturated heterocycles. The van der Waals surface area contributed by atoms with Gasteiger partial charge in [0.25, 0.3) is 5.91 Å². The molecule has 0 bridgehead atoms. The van der Waals surface area contributed by atoms with E-state index in [4.69, 9.17) is 11.6 Å². The molecular formula is C23H27ClN2O3S. The van der Waals surface area contributed by atoms with Crippen molar-refractivity contribution in [1.29, 1.82) is 0 Å². The lowest BCUT2D eigenvalue weighted by molar-refractivity contribution is 0.0683. The molecule has 160 valence electrons. The largest absolute Gasteiger partial charge is 0.338 e. The predicted octanol–water partition coefficient (Wildman–Crippen LogP) is 4.59. The molecule has 1 heterocycles. The van der Waals surface area contributed by atoms with Gasteiger partial charge in [-0.2, -0.15) is 4.31 Å². The molecule has 3 rings (SSSR count). The number of benzene rings is 2. The average molecular weight is 447 g/mol. The van der Waals surface area contributed by atoms with Gasteiger partial charge in [0, 0.05) is 36.8 Å². The number of carbonyl (C=O) groups is 1. The highest BCUT2D eigenvalue weighted by atomic mass is 35.5. The summed E-state index contributed by atoms with van der Waals surface area (Å²) < 4.78 is 27.4. The number of hydrogen-bond donors (Lipinski definition) is 0. The molecule has 0 N–H and O–H groups in total. The minimum absolute atomic E-state index is 0.0323. The van der Waals surface area contributed by atoms with Crippen LogP contribution in [0.1, 0.15) is 35.7 Å². The zero-order valence-electron chi connectivity index (χ0n) is 17.1. The lowest BCUT2D eigenvalue weighted by Crippen LogP contribution is -2.39. The molecule has 0 saturated carbocycles. The van der Waals surface area contributed by atoms with E-state index in [9.17, 15) is 13.2 Å². The monoisotopic (exact) mass is 446 g/mol. The van der Waals surface area contributed by atoms with E-state index < -0.39 is 10.0 Å². The summed E-state index contributed by atoms with van der Waals surface area (Å²) in [5.74, 6) is 0.553. The molecule has 0 aromatic heterocycles. The average Bonchev–Trinajstić information content (AvgIpc) is 2.74. The van der Waals surface area contributed by atoms with Crippen molar-refractivity contribution in [2.24, 2.45) is 5.92 Å². The molecule has 0 unspecified atom stereocenters. The SMILES string of the molecule is C=CCN(Cc1ccc(C(=O)N2CCC[C@H](C)C2)cc1)S(=O)(=O)c1ccc(Cl)cc1. The second-order valence-corrected chi connectivity index (χ2v) is 10.1. The highest BCUT2D eigenvalue weighted by molar-refractivity contribution is 7.89. The number of sulfonamides is 1. The van der Waals surface area contributed by atoms with Crippen molar-refractivity contribution in [3.63, 3.8) is 0 Å². The van der Waals surface area contributed by atoms with Crippen LogP contribution < -0.4 is 0 Å². The molecule has 2 aromatic carbocycles. The number of amides is 1. The Balaban J connectivity index is 1.75. The van der Waals surface area contributed by atoms with Crippen molar-refractivity contribution in [3.8, 4) is 0 Å². The molecule has 1 aliphatic rings. The number of carbonyl (C=O) groups excluding carboxylic acids is 1. The van der Waals surface area contributed by atoms with Crippen LogP contribution in [0.3, 0.4) is 0 Å². The third kappa shape index (κ3) is 5.31. The van der Waals surface area contributed by atoms with Crippen molar-refractivity contribution >= 4 is 27.5 Å². The van der Waals surface area contributed by atoms with Crippen molar-refractivity contribution in [2.45, 2.75) is 31.2 Å². The summed E-state index contributed by atoms with van der Waals surface area (Å²) in [4.78, 5) is 14.8. The van der Waals surface area contributed by atoms with E-state index >= 15 is 0 Å². The van der Waals surface area contributed by atoms with Gasteiger partial charge in [0.1, 0.15) is 0 Å². The first-order chi connectivity index (χ1) is 14.3. The third-order valence-corrected chi connectivity index (χ3v) is 7.37. The van der Waals surface area contributed by atoms with E-state index in [1.54, 1.807) is 30.3 Å². The summed E-state index contributed by atoms with van der Waals surface area (Å²) in [5.41, 5.74) is 1.43. The zero-order valence-corrected chi connectivity index (χ0v) is 18.7. The summed E-state index contributed by atoms with van der Waals surface area (Å²) in [6.45, 7) is 7.78. The Morgan fingerprint density at radius 3 is 2.47 bits per heavy atom. The van der Waals surface area contributed by atoms with Crippen LogP contribution in [0.5, 0.6) is 0 Å². The molecular weight excluding hydrogens is 420 g/mol. The van der Waals surface area contributed by atoms with Gasteiger partial charge in [-0.1, -0.05) is 36.7 Å². The van der Waals surface area contributed by atoms with Crippen molar-refractivity contribution < 1.29 is 13.2 Å². The summed E-state index contributed by atoms with van der Waals surface area (Å²) in [6.07, 6.45) is 3.75. The minimum atomic E-state index is -3.70. The van der Waals surface area contributed by atoms with Crippen molar-refractivity contribution in [3.05, 3.63) is 77.3 Å². The molecule has 1 fully saturated rings. The van der Waals surface area contributed by atoms with Gasteiger partial charge in [0.05, 0.1) is 4.90 Å². The molecule has 1 aliphatic heterocycles. The maximum Gasteiger partial charge on any atom is 0.253 e. The molecule has 0 aliphatic carbocycles. The fraction of sp³-hybridized carbons (Fsp3) is 0.348. The number of nitrogens with zero attached hydrogens (tertiary/aromatic N) is 2. The molecule has 0 spiro atoms. The normalized spacial score (nSPS) is 17.2. The van der Waals surface area contributed by atoms with Crippen molar-refractivity contribution in [1.82, 2.24) is 9.21 Å². The number of halogens is 1. The van der Waals surface area contributed by atoms with E-state index in [1.807, 2.05) is 17.0 Å². The standard InChI is InChI=1S/C23H27ClN2O3S/c1-3-14-26(30(28,29)22-12-10-21(24)11-13-22)17-19-6-8-20(9-7-19)23(27)25-15-4-5-18(2)16-25/h3,6-13,18H,1,4-5,14-17H2,2H3/t18-/m0/s1. The Labute approximate surface area is 184 Å². The molecule has 30 heavy (non-hydrogen) atoms. The van der Waals surface area contributed by atoms with Crippen LogP contribution in [0, 0.1) is 5.92 Å². The van der Waals surface area contributed by atoms with Crippen LogP contribution in [0.25, 0.3) is 0 Å². The van der Waals surface area contributed by atoms with Crippen LogP contribution in [-0.4, -0.2) is 43.2 Å². The van der Waals surface area contributed by atoms with Gasteiger partial charge in [0.2, 0.25) is 10.0 Å². The summed E-state index contributed by atoms with van der Waals surface area (Å²) >= 11 is 5.88.